The van der Waals surface area contributed by atoms with Crippen LogP contribution in [0.25, 0.3) is 28.0 Å². The average molecular weight is 446 g/mol. The number of fused-ring (bicyclic) bond motifs is 1. The van der Waals surface area contributed by atoms with Crippen molar-refractivity contribution in [1.29, 1.82) is 0 Å². The van der Waals surface area contributed by atoms with Gasteiger partial charge in [-0.25, -0.2) is 4.98 Å². The van der Waals surface area contributed by atoms with Crippen molar-refractivity contribution in [3.8, 4) is 22.4 Å². The maximum Gasteiger partial charge on any atom is 0.292 e. The smallest absolute Gasteiger partial charge is 0.292 e. The van der Waals surface area contributed by atoms with E-state index in [9.17, 15) is 4.79 Å². The van der Waals surface area contributed by atoms with Crippen LogP contribution in [0.15, 0.2) is 89.7 Å². The lowest BCUT2D eigenvalue weighted by molar-refractivity contribution is 0.867. The van der Waals surface area contributed by atoms with Gasteiger partial charge in [0.05, 0.1) is 5.69 Å². The molecule has 6 heteroatoms. The lowest BCUT2D eigenvalue weighted by Crippen LogP contribution is -2.17. The van der Waals surface area contributed by atoms with Gasteiger partial charge >= 0.3 is 0 Å². The first kappa shape index (κ1) is 19.6. The zero-order valence-electron chi connectivity index (χ0n) is 16.3. The number of H-pyrrole nitrogens is 1. The van der Waals surface area contributed by atoms with E-state index in [1.54, 1.807) is 0 Å². The molecule has 0 saturated carbocycles. The van der Waals surface area contributed by atoms with Crippen LogP contribution >= 0.6 is 23.2 Å². The highest BCUT2D eigenvalue weighted by atomic mass is 35.5. The third-order valence-corrected chi connectivity index (χ3v) is 5.80. The molecule has 0 atom stereocenters. The first-order valence-electron chi connectivity index (χ1n) is 9.80. The normalized spacial score (nSPS) is 11.2. The molecule has 0 unspecified atom stereocenters. The van der Waals surface area contributed by atoms with Gasteiger partial charge in [-0.15, -0.1) is 0 Å². The topological polar surface area (TPSA) is 50.2 Å². The molecule has 0 radical (unpaired) electrons. The van der Waals surface area contributed by atoms with Gasteiger partial charge in [-0.05, 0) is 23.3 Å². The lowest BCUT2D eigenvalue weighted by atomic mass is 10.0. The van der Waals surface area contributed by atoms with E-state index in [1.807, 2.05) is 72.8 Å². The first-order chi connectivity index (χ1) is 15.1. The van der Waals surface area contributed by atoms with Crippen LogP contribution in [0.1, 0.15) is 11.3 Å². The molecule has 31 heavy (non-hydrogen) atoms. The van der Waals surface area contributed by atoms with Crippen LogP contribution in [0.2, 0.25) is 10.0 Å². The molecule has 0 spiro atoms. The van der Waals surface area contributed by atoms with Crippen molar-refractivity contribution < 1.29 is 0 Å². The second-order valence-electron chi connectivity index (χ2n) is 7.24. The van der Waals surface area contributed by atoms with Gasteiger partial charge in [0.1, 0.15) is 5.02 Å². The summed E-state index contributed by atoms with van der Waals surface area (Å²) in [6, 6.07) is 27.1. The summed E-state index contributed by atoms with van der Waals surface area (Å²) in [6.45, 7) is 0. The van der Waals surface area contributed by atoms with Gasteiger partial charge in [-0.3, -0.25) is 9.89 Å². The number of benzene rings is 3. The predicted molar refractivity (Wildman–Crippen MR) is 126 cm³/mol. The summed E-state index contributed by atoms with van der Waals surface area (Å²) in [6.07, 6.45) is 0.611. The minimum Gasteiger partial charge on any atom is -0.293 e. The molecule has 2 aromatic heterocycles. The van der Waals surface area contributed by atoms with Crippen LogP contribution in [-0.2, 0) is 6.42 Å². The Bertz CT molecular complexity index is 1420. The second-order valence-corrected chi connectivity index (χ2v) is 8.05. The van der Waals surface area contributed by atoms with Crippen LogP contribution in [-0.4, -0.2) is 14.6 Å². The van der Waals surface area contributed by atoms with Crippen LogP contribution in [0.3, 0.4) is 0 Å². The fourth-order valence-corrected chi connectivity index (χ4v) is 4.09. The molecule has 152 valence electrons. The van der Waals surface area contributed by atoms with E-state index < -0.39 is 0 Å². The summed E-state index contributed by atoms with van der Waals surface area (Å²) in [7, 11) is 0. The van der Waals surface area contributed by atoms with Crippen LogP contribution in [0, 0.1) is 0 Å². The maximum absolute atomic E-state index is 13.2. The van der Waals surface area contributed by atoms with Gasteiger partial charge in [0, 0.05) is 28.3 Å². The van der Waals surface area contributed by atoms with Gasteiger partial charge < -0.3 is 0 Å². The average Bonchev–Trinajstić information content (AvgIpc) is 3.16. The number of nitrogens with zero attached hydrogens (tertiary/aromatic N) is 2. The number of nitrogens with one attached hydrogen (secondary N) is 1. The Kier molecular flexibility index (Phi) is 5.10. The fourth-order valence-electron chi connectivity index (χ4n) is 3.73. The summed E-state index contributed by atoms with van der Waals surface area (Å²) in [5.74, 6) is 0. The summed E-state index contributed by atoms with van der Waals surface area (Å²) >= 11 is 12.6. The van der Waals surface area contributed by atoms with Crippen molar-refractivity contribution in [2.24, 2.45) is 0 Å². The quantitative estimate of drug-likeness (QED) is 0.355. The standard InChI is InChI=1S/C25H17Cl2N3O/c26-19-13-11-17(12-14-19)21-20(15-16-7-3-1-4-8-16)29-30-24(21)28-23(22(27)25(30)31)18-9-5-2-6-10-18/h1-14,29H,15H2. The van der Waals surface area contributed by atoms with Crippen LogP contribution in [0.5, 0.6) is 0 Å². The molecule has 5 rings (SSSR count). The molecule has 5 aromatic rings. The molecule has 0 aliphatic rings. The van der Waals surface area contributed by atoms with Crippen LogP contribution in [0.4, 0.5) is 0 Å². The minimum atomic E-state index is -0.333. The van der Waals surface area contributed by atoms with E-state index in [-0.39, 0.29) is 10.6 Å². The number of halogens is 2. The van der Waals surface area contributed by atoms with Crippen molar-refractivity contribution in [2.75, 3.05) is 0 Å². The Morgan fingerprint density at radius 3 is 2.13 bits per heavy atom. The van der Waals surface area contributed by atoms with Gasteiger partial charge in [-0.1, -0.05) is 96.0 Å². The van der Waals surface area contributed by atoms with E-state index in [0.717, 1.165) is 27.9 Å². The molecular formula is C25H17Cl2N3O. The van der Waals surface area contributed by atoms with E-state index in [1.165, 1.54) is 4.52 Å². The summed E-state index contributed by atoms with van der Waals surface area (Å²) in [4.78, 5) is 18.0. The van der Waals surface area contributed by atoms with E-state index in [0.29, 0.717) is 22.8 Å². The molecule has 0 aliphatic carbocycles. The van der Waals surface area contributed by atoms with E-state index in [4.69, 9.17) is 28.2 Å². The molecule has 0 bridgehead atoms. The lowest BCUT2D eigenvalue weighted by Gasteiger charge is -2.07. The van der Waals surface area contributed by atoms with Gasteiger partial charge in [-0.2, -0.15) is 4.52 Å². The summed E-state index contributed by atoms with van der Waals surface area (Å²) in [5.41, 5.74) is 5.22. The summed E-state index contributed by atoms with van der Waals surface area (Å²) in [5, 5.41) is 3.96. The molecule has 2 heterocycles. The van der Waals surface area contributed by atoms with E-state index >= 15 is 0 Å². The number of hydrogen-bond donors (Lipinski definition) is 1. The number of rotatable bonds is 4. The molecular weight excluding hydrogens is 429 g/mol. The van der Waals surface area contributed by atoms with Crippen molar-refractivity contribution >= 4 is 28.8 Å². The molecule has 3 aromatic carbocycles. The third-order valence-electron chi connectivity index (χ3n) is 5.20. The zero-order chi connectivity index (χ0) is 21.4. The molecule has 1 N–H and O–H groups in total. The number of aromatic nitrogens is 3. The van der Waals surface area contributed by atoms with Crippen molar-refractivity contribution in [3.05, 3.63) is 117 Å². The number of aromatic amines is 1. The van der Waals surface area contributed by atoms with Crippen molar-refractivity contribution in [3.63, 3.8) is 0 Å². The highest BCUT2D eigenvalue weighted by Crippen LogP contribution is 2.32. The fraction of sp³-hybridized carbons (Fsp3) is 0.0400. The second kappa shape index (κ2) is 8.06. The van der Waals surface area contributed by atoms with Crippen LogP contribution < -0.4 is 5.56 Å². The Balaban J connectivity index is 1.80. The highest BCUT2D eigenvalue weighted by Gasteiger charge is 2.21. The predicted octanol–water partition coefficient (Wildman–Crippen LogP) is 6.25. The molecule has 0 amide bonds. The van der Waals surface area contributed by atoms with Gasteiger partial charge in [0.2, 0.25) is 0 Å². The maximum atomic E-state index is 13.2. The Hall–Kier alpha value is -3.34. The molecule has 4 nitrogen and oxygen atoms in total. The van der Waals surface area contributed by atoms with Gasteiger partial charge in [0.15, 0.2) is 5.65 Å². The Labute approximate surface area is 188 Å². The van der Waals surface area contributed by atoms with Gasteiger partial charge in [0.25, 0.3) is 5.56 Å². The third kappa shape index (κ3) is 3.65. The van der Waals surface area contributed by atoms with E-state index in [2.05, 4.69) is 17.2 Å². The molecule has 0 fully saturated rings. The minimum absolute atomic E-state index is 0.0823. The Morgan fingerprint density at radius 2 is 1.45 bits per heavy atom. The molecule has 0 saturated heterocycles. The van der Waals surface area contributed by atoms with Crippen molar-refractivity contribution in [2.45, 2.75) is 6.42 Å². The molecule has 0 aliphatic heterocycles. The zero-order valence-corrected chi connectivity index (χ0v) is 17.9. The summed E-state index contributed by atoms with van der Waals surface area (Å²) < 4.78 is 1.43. The largest absolute Gasteiger partial charge is 0.293 e. The monoisotopic (exact) mass is 445 g/mol. The Morgan fingerprint density at radius 1 is 0.806 bits per heavy atom. The highest BCUT2D eigenvalue weighted by molar-refractivity contribution is 6.33. The number of hydrogen-bond acceptors (Lipinski definition) is 2. The first-order valence-corrected chi connectivity index (χ1v) is 10.6. The van der Waals surface area contributed by atoms with Crippen molar-refractivity contribution in [1.82, 2.24) is 14.6 Å². The SMILES string of the molecule is O=c1c(Cl)c(-c2ccccc2)nc2c(-c3ccc(Cl)cc3)c(Cc3ccccc3)[nH]n12.